The van der Waals surface area contributed by atoms with E-state index in [1.165, 1.54) is 11.6 Å². The lowest BCUT2D eigenvalue weighted by molar-refractivity contribution is -0.137. The summed E-state index contributed by atoms with van der Waals surface area (Å²) in [5.41, 5.74) is 1.76. The van der Waals surface area contributed by atoms with Gasteiger partial charge in [0.15, 0.2) is 0 Å². The molecule has 0 saturated carbocycles. The summed E-state index contributed by atoms with van der Waals surface area (Å²) in [6.07, 6.45) is -1.03. The Balaban J connectivity index is 1.74. The SMILES string of the molecule is CCCCN1CC[C@@H](c2ccc(N(C)C)cc2)[C@H](COc2cccc(C(F)(F)F)c2)C1. The number of nitrogens with zero attached hydrogens (tertiary/aromatic N) is 2. The Bertz CT molecular complexity index is 820. The molecule has 2 atom stereocenters. The Hall–Kier alpha value is -2.21. The van der Waals surface area contributed by atoms with Gasteiger partial charge in [0, 0.05) is 32.2 Å². The van der Waals surface area contributed by atoms with E-state index in [2.05, 4.69) is 41.0 Å². The van der Waals surface area contributed by atoms with Gasteiger partial charge in [-0.25, -0.2) is 0 Å². The highest BCUT2D eigenvalue weighted by Gasteiger charge is 2.32. The lowest BCUT2D eigenvalue weighted by Crippen LogP contribution is -2.42. The van der Waals surface area contributed by atoms with E-state index in [1.807, 2.05) is 14.1 Å². The molecule has 0 N–H and O–H groups in total. The van der Waals surface area contributed by atoms with Gasteiger partial charge in [-0.2, -0.15) is 13.2 Å². The number of rotatable bonds is 8. The van der Waals surface area contributed by atoms with E-state index < -0.39 is 11.7 Å². The molecule has 0 aliphatic carbocycles. The zero-order chi connectivity index (χ0) is 22.4. The van der Waals surface area contributed by atoms with E-state index in [4.69, 9.17) is 4.74 Å². The molecule has 0 amide bonds. The number of hydrogen-bond donors (Lipinski definition) is 0. The Morgan fingerprint density at radius 2 is 1.84 bits per heavy atom. The van der Waals surface area contributed by atoms with E-state index >= 15 is 0 Å². The minimum atomic E-state index is -4.36. The summed E-state index contributed by atoms with van der Waals surface area (Å²) in [7, 11) is 4.04. The van der Waals surface area contributed by atoms with Crippen molar-refractivity contribution in [1.82, 2.24) is 4.90 Å². The quantitative estimate of drug-likeness (QED) is 0.503. The fraction of sp³-hybridized carbons (Fsp3) is 0.520. The number of benzene rings is 2. The van der Waals surface area contributed by atoms with Gasteiger partial charge in [-0.1, -0.05) is 31.5 Å². The monoisotopic (exact) mass is 434 g/mol. The van der Waals surface area contributed by atoms with Gasteiger partial charge >= 0.3 is 6.18 Å². The number of hydrogen-bond acceptors (Lipinski definition) is 3. The summed E-state index contributed by atoms with van der Waals surface area (Å²) >= 11 is 0. The molecule has 1 saturated heterocycles. The topological polar surface area (TPSA) is 15.7 Å². The van der Waals surface area contributed by atoms with Crippen molar-refractivity contribution < 1.29 is 17.9 Å². The number of likely N-dealkylation sites (tertiary alicyclic amines) is 1. The van der Waals surface area contributed by atoms with Crippen LogP contribution in [-0.2, 0) is 6.18 Å². The van der Waals surface area contributed by atoms with Gasteiger partial charge in [-0.3, -0.25) is 0 Å². The fourth-order valence-electron chi connectivity index (χ4n) is 4.29. The van der Waals surface area contributed by atoms with E-state index in [-0.39, 0.29) is 11.7 Å². The number of unbranched alkanes of at least 4 members (excludes halogenated alkanes) is 1. The maximum Gasteiger partial charge on any atom is 0.416 e. The molecule has 1 heterocycles. The Morgan fingerprint density at radius 1 is 1.10 bits per heavy atom. The van der Waals surface area contributed by atoms with Gasteiger partial charge in [0.1, 0.15) is 5.75 Å². The molecule has 1 fully saturated rings. The van der Waals surface area contributed by atoms with Crippen LogP contribution in [-0.4, -0.2) is 45.2 Å². The van der Waals surface area contributed by atoms with Crippen molar-refractivity contribution in [2.45, 2.75) is 38.3 Å². The first kappa shape index (κ1) is 23.5. The van der Waals surface area contributed by atoms with Crippen LogP contribution in [0.3, 0.4) is 0 Å². The molecule has 0 unspecified atom stereocenters. The third-order valence-electron chi connectivity index (χ3n) is 6.11. The molecular formula is C25H33F3N2O. The van der Waals surface area contributed by atoms with Gasteiger partial charge < -0.3 is 14.5 Å². The van der Waals surface area contributed by atoms with Crippen LogP contribution in [0.4, 0.5) is 18.9 Å². The molecule has 6 heteroatoms. The van der Waals surface area contributed by atoms with Crippen molar-refractivity contribution in [3.63, 3.8) is 0 Å². The van der Waals surface area contributed by atoms with Gasteiger partial charge in [0.2, 0.25) is 0 Å². The largest absolute Gasteiger partial charge is 0.493 e. The van der Waals surface area contributed by atoms with Gasteiger partial charge in [0.25, 0.3) is 0 Å². The molecule has 2 aromatic rings. The van der Waals surface area contributed by atoms with E-state index in [0.717, 1.165) is 56.7 Å². The number of alkyl halides is 3. The molecule has 3 nitrogen and oxygen atoms in total. The van der Waals surface area contributed by atoms with Crippen LogP contribution in [0.1, 0.15) is 43.2 Å². The molecule has 170 valence electrons. The third-order valence-corrected chi connectivity index (χ3v) is 6.11. The number of halogens is 3. The number of anilines is 1. The van der Waals surface area contributed by atoms with Crippen LogP contribution < -0.4 is 9.64 Å². The summed E-state index contributed by atoms with van der Waals surface area (Å²) in [5.74, 6) is 0.840. The molecule has 1 aliphatic heterocycles. The molecule has 0 bridgehead atoms. The molecule has 1 aliphatic rings. The van der Waals surface area contributed by atoms with E-state index in [0.29, 0.717) is 12.5 Å². The summed E-state index contributed by atoms with van der Waals surface area (Å²) in [6, 6.07) is 13.8. The first-order valence-electron chi connectivity index (χ1n) is 11.1. The lowest BCUT2D eigenvalue weighted by atomic mass is 9.80. The van der Waals surface area contributed by atoms with Crippen LogP contribution >= 0.6 is 0 Å². The average Bonchev–Trinajstić information content (AvgIpc) is 2.76. The molecule has 3 rings (SSSR count). The van der Waals surface area contributed by atoms with Crippen molar-refractivity contribution >= 4 is 5.69 Å². The summed E-state index contributed by atoms with van der Waals surface area (Å²) in [4.78, 5) is 4.54. The summed E-state index contributed by atoms with van der Waals surface area (Å²) in [5, 5.41) is 0. The first-order chi connectivity index (χ1) is 14.8. The smallest absolute Gasteiger partial charge is 0.416 e. The maximum atomic E-state index is 13.0. The first-order valence-corrected chi connectivity index (χ1v) is 11.1. The minimum Gasteiger partial charge on any atom is -0.493 e. The zero-order valence-electron chi connectivity index (χ0n) is 18.7. The van der Waals surface area contributed by atoms with Crippen molar-refractivity contribution in [3.8, 4) is 5.75 Å². The molecule has 0 aromatic heterocycles. The summed E-state index contributed by atoms with van der Waals surface area (Å²) in [6.45, 7) is 5.60. The van der Waals surface area contributed by atoms with Crippen LogP contribution in [0.25, 0.3) is 0 Å². The standard InChI is InChI=1S/C25H33F3N2O/c1-4-5-14-30-15-13-24(19-9-11-22(12-10-19)29(2)3)20(17-30)18-31-23-8-6-7-21(16-23)25(26,27)28/h6-12,16,20,24H,4-5,13-15,17-18H2,1-3H3/t20-,24-/m0/s1. The zero-order valence-corrected chi connectivity index (χ0v) is 18.7. The second-order valence-electron chi connectivity index (χ2n) is 8.63. The van der Waals surface area contributed by atoms with Crippen LogP contribution in [0.15, 0.2) is 48.5 Å². The van der Waals surface area contributed by atoms with Gasteiger partial charge in [-0.15, -0.1) is 0 Å². The van der Waals surface area contributed by atoms with Crippen molar-refractivity contribution in [2.24, 2.45) is 5.92 Å². The Labute approximate surface area is 183 Å². The van der Waals surface area contributed by atoms with Gasteiger partial charge in [-0.05, 0) is 67.7 Å². The Morgan fingerprint density at radius 3 is 2.48 bits per heavy atom. The highest BCUT2D eigenvalue weighted by Crippen LogP contribution is 2.35. The normalized spacial score (nSPS) is 19.9. The van der Waals surface area contributed by atoms with Crippen LogP contribution in [0.5, 0.6) is 5.75 Å². The van der Waals surface area contributed by atoms with Crippen LogP contribution in [0.2, 0.25) is 0 Å². The molecular weight excluding hydrogens is 401 g/mol. The predicted octanol–water partition coefficient (Wildman–Crippen LogP) is 6.06. The molecule has 2 aromatic carbocycles. The summed E-state index contributed by atoms with van der Waals surface area (Å²) < 4.78 is 45.0. The molecule has 0 spiro atoms. The third kappa shape index (κ3) is 6.39. The highest BCUT2D eigenvalue weighted by molar-refractivity contribution is 5.46. The van der Waals surface area contributed by atoms with E-state index in [1.54, 1.807) is 6.07 Å². The van der Waals surface area contributed by atoms with E-state index in [9.17, 15) is 13.2 Å². The fourth-order valence-corrected chi connectivity index (χ4v) is 4.29. The predicted molar refractivity (Wildman–Crippen MR) is 120 cm³/mol. The maximum absolute atomic E-state index is 13.0. The Kier molecular flexibility index (Phi) is 7.87. The van der Waals surface area contributed by atoms with Crippen molar-refractivity contribution in [1.29, 1.82) is 0 Å². The molecule has 31 heavy (non-hydrogen) atoms. The van der Waals surface area contributed by atoms with Crippen molar-refractivity contribution in [2.75, 3.05) is 45.2 Å². The lowest BCUT2D eigenvalue weighted by Gasteiger charge is -2.39. The van der Waals surface area contributed by atoms with Gasteiger partial charge in [0.05, 0.1) is 12.2 Å². The van der Waals surface area contributed by atoms with Crippen LogP contribution in [0, 0.1) is 5.92 Å². The van der Waals surface area contributed by atoms with Crippen molar-refractivity contribution in [3.05, 3.63) is 59.7 Å². The number of piperidine rings is 1. The second-order valence-corrected chi connectivity index (χ2v) is 8.63. The highest BCUT2D eigenvalue weighted by atomic mass is 19.4. The average molecular weight is 435 g/mol. The second kappa shape index (κ2) is 10.4. The minimum absolute atomic E-state index is 0.227. The number of ether oxygens (including phenoxy) is 1. The molecule has 0 radical (unpaired) electrons.